The van der Waals surface area contributed by atoms with E-state index < -0.39 is 18.9 Å². The summed E-state index contributed by atoms with van der Waals surface area (Å²) >= 11 is 0. The van der Waals surface area contributed by atoms with E-state index in [1.807, 2.05) is 0 Å². The molecule has 0 bridgehead atoms. The van der Waals surface area contributed by atoms with E-state index in [0.29, 0.717) is 31.7 Å². The SMILES string of the molecule is Cc1cc(OCC(=O)NC2CCC([C@@H](O)CN3CCc4ccc(OCC(F)(F)F)nc4CC3)CC2)no1. The maximum atomic E-state index is 12.4. The van der Waals surface area contributed by atoms with Gasteiger partial charge in [0.25, 0.3) is 11.8 Å². The number of aliphatic hydroxyl groups is 1. The number of alkyl halides is 3. The molecule has 0 aromatic carbocycles. The number of amides is 1. The van der Waals surface area contributed by atoms with Crippen LogP contribution in [0.15, 0.2) is 22.7 Å². The summed E-state index contributed by atoms with van der Waals surface area (Å²) < 4.78 is 52.3. The number of rotatable bonds is 9. The molecular weight excluding hydrogens is 493 g/mol. The minimum absolute atomic E-state index is 0.0202. The first kappa shape index (κ1) is 27.2. The van der Waals surface area contributed by atoms with Gasteiger partial charge in [-0.2, -0.15) is 13.2 Å². The number of fused-ring (bicyclic) bond motifs is 1. The van der Waals surface area contributed by atoms with Crippen molar-refractivity contribution >= 4 is 5.91 Å². The first-order valence-corrected chi connectivity index (χ1v) is 12.6. The third-order valence-electron chi connectivity index (χ3n) is 6.87. The van der Waals surface area contributed by atoms with Crippen LogP contribution in [-0.2, 0) is 17.6 Å². The predicted molar refractivity (Wildman–Crippen MR) is 126 cm³/mol. The molecule has 3 heterocycles. The Morgan fingerprint density at radius 3 is 2.65 bits per heavy atom. The second-order valence-electron chi connectivity index (χ2n) is 9.77. The van der Waals surface area contributed by atoms with Crippen LogP contribution in [0, 0.1) is 12.8 Å². The number of ether oxygens (including phenoxy) is 2. The molecule has 1 aliphatic heterocycles. The van der Waals surface area contributed by atoms with Gasteiger partial charge >= 0.3 is 6.18 Å². The van der Waals surface area contributed by atoms with Crippen LogP contribution in [-0.4, -0.2) is 77.2 Å². The van der Waals surface area contributed by atoms with Crippen LogP contribution in [0.5, 0.6) is 11.8 Å². The number of nitrogens with zero attached hydrogens (tertiary/aromatic N) is 3. The molecule has 0 saturated heterocycles. The monoisotopic (exact) mass is 526 g/mol. The highest BCUT2D eigenvalue weighted by atomic mass is 19.4. The van der Waals surface area contributed by atoms with Crippen LogP contribution >= 0.6 is 0 Å². The Morgan fingerprint density at radius 2 is 1.95 bits per heavy atom. The van der Waals surface area contributed by atoms with E-state index in [0.717, 1.165) is 43.5 Å². The summed E-state index contributed by atoms with van der Waals surface area (Å²) in [5, 5.41) is 17.6. The summed E-state index contributed by atoms with van der Waals surface area (Å²) in [6, 6.07) is 4.92. The summed E-state index contributed by atoms with van der Waals surface area (Å²) in [6.45, 7) is 2.18. The lowest BCUT2D eigenvalue weighted by Gasteiger charge is -2.34. The Hall–Kier alpha value is -2.86. The molecule has 12 heteroatoms. The van der Waals surface area contributed by atoms with Crippen molar-refractivity contribution in [2.75, 3.05) is 32.8 Å². The van der Waals surface area contributed by atoms with Gasteiger partial charge in [-0.05, 0) is 55.7 Å². The van der Waals surface area contributed by atoms with Gasteiger partial charge in [0.1, 0.15) is 5.76 Å². The first-order chi connectivity index (χ1) is 17.6. The highest BCUT2D eigenvalue weighted by molar-refractivity contribution is 5.77. The number of pyridine rings is 1. The van der Waals surface area contributed by atoms with Crippen molar-refractivity contribution in [3.8, 4) is 11.8 Å². The van der Waals surface area contributed by atoms with E-state index in [2.05, 4.69) is 20.4 Å². The highest BCUT2D eigenvalue weighted by Crippen LogP contribution is 2.28. The Bertz CT molecular complexity index is 1040. The zero-order valence-corrected chi connectivity index (χ0v) is 20.8. The van der Waals surface area contributed by atoms with Crippen molar-refractivity contribution in [1.82, 2.24) is 20.4 Å². The van der Waals surface area contributed by atoms with E-state index in [4.69, 9.17) is 14.0 Å². The summed E-state index contributed by atoms with van der Waals surface area (Å²) in [7, 11) is 0. The molecule has 0 spiro atoms. The van der Waals surface area contributed by atoms with Crippen LogP contribution in [0.25, 0.3) is 0 Å². The van der Waals surface area contributed by atoms with Gasteiger partial charge in [-0.3, -0.25) is 4.79 Å². The Kier molecular flexibility index (Phi) is 8.91. The number of halogens is 3. The molecular formula is C25H33F3N4O5. The second-order valence-corrected chi connectivity index (χ2v) is 9.77. The van der Waals surface area contributed by atoms with Crippen molar-refractivity contribution in [1.29, 1.82) is 0 Å². The lowest BCUT2D eigenvalue weighted by Crippen LogP contribution is -2.43. The molecule has 2 N–H and O–H groups in total. The zero-order chi connectivity index (χ0) is 26.4. The van der Waals surface area contributed by atoms with Crippen LogP contribution < -0.4 is 14.8 Å². The van der Waals surface area contributed by atoms with E-state index in [-0.39, 0.29) is 36.2 Å². The van der Waals surface area contributed by atoms with Crippen molar-refractivity contribution in [2.45, 2.75) is 63.8 Å². The average molecular weight is 527 g/mol. The van der Waals surface area contributed by atoms with E-state index in [1.54, 1.807) is 19.1 Å². The number of β-amino-alcohol motifs (C(OH)–C–C–N with tert-alkyl or cyclic N) is 1. The average Bonchev–Trinajstić information content (AvgIpc) is 3.18. The lowest BCUT2D eigenvalue weighted by atomic mass is 9.82. The molecule has 2 aliphatic rings. The third-order valence-corrected chi connectivity index (χ3v) is 6.87. The van der Waals surface area contributed by atoms with Gasteiger partial charge in [-0.15, -0.1) is 0 Å². The number of hydrogen-bond acceptors (Lipinski definition) is 8. The van der Waals surface area contributed by atoms with Gasteiger partial charge in [0.2, 0.25) is 5.88 Å². The number of aryl methyl sites for hydroxylation is 1. The second kappa shape index (κ2) is 12.1. The molecule has 1 amide bonds. The largest absolute Gasteiger partial charge is 0.468 e. The van der Waals surface area contributed by atoms with Gasteiger partial charge in [-0.1, -0.05) is 6.07 Å². The molecule has 37 heavy (non-hydrogen) atoms. The normalized spacial score (nSPS) is 21.5. The molecule has 9 nitrogen and oxygen atoms in total. The first-order valence-electron chi connectivity index (χ1n) is 12.6. The smallest absolute Gasteiger partial charge is 0.422 e. The van der Waals surface area contributed by atoms with E-state index >= 15 is 0 Å². The number of carbonyl (C=O) groups is 1. The maximum Gasteiger partial charge on any atom is 0.422 e. The van der Waals surface area contributed by atoms with Crippen molar-refractivity contribution in [3.63, 3.8) is 0 Å². The van der Waals surface area contributed by atoms with Crippen LogP contribution in [0.3, 0.4) is 0 Å². The molecule has 1 aliphatic carbocycles. The molecule has 1 atom stereocenters. The Balaban J connectivity index is 1.17. The molecule has 4 rings (SSSR count). The molecule has 1 saturated carbocycles. The minimum atomic E-state index is -4.40. The summed E-state index contributed by atoms with van der Waals surface area (Å²) in [4.78, 5) is 18.6. The molecule has 2 aromatic heterocycles. The molecule has 0 radical (unpaired) electrons. The lowest BCUT2D eigenvalue weighted by molar-refractivity contribution is -0.154. The third kappa shape index (κ3) is 8.32. The number of aromatic nitrogens is 2. The minimum Gasteiger partial charge on any atom is -0.468 e. The van der Waals surface area contributed by atoms with Crippen LogP contribution in [0.2, 0.25) is 0 Å². The van der Waals surface area contributed by atoms with Crippen molar-refractivity contribution < 1.29 is 37.1 Å². The van der Waals surface area contributed by atoms with E-state index in [9.17, 15) is 23.1 Å². The molecule has 204 valence electrons. The summed E-state index contributed by atoms with van der Waals surface area (Å²) in [6.07, 6.45) is -0.410. The number of aliphatic hydroxyl groups excluding tert-OH is 1. The quantitative estimate of drug-likeness (QED) is 0.514. The van der Waals surface area contributed by atoms with E-state index in [1.165, 1.54) is 6.07 Å². The molecule has 2 aromatic rings. The number of nitrogens with one attached hydrogen (secondary N) is 1. The van der Waals surface area contributed by atoms with Gasteiger partial charge < -0.3 is 29.3 Å². The molecule has 1 fully saturated rings. The molecule has 0 unspecified atom stereocenters. The van der Waals surface area contributed by atoms with Gasteiger partial charge in [0.15, 0.2) is 13.2 Å². The van der Waals surface area contributed by atoms with Crippen molar-refractivity contribution in [2.24, 2.45) is 5.92 Å². The zero-order valence-electron chi connectivity index (χ0n) is 20.8. The fourth-order valence-corrected chi connectivity index (χ4v) is 4.91. The van der Waals surface area contributed by atoms with Gasteiger partial charge in [0.05, 0.1) is 6.10 Å². The topological polar surface area (TPSA) is 110 Å². The maximum absolute atomic E-state index is 12.4. The Morgan fingerprint density at radius 1 is 1.19 bits per heavy atom. The van der Waals surface area contributed by atoms with Gasteiger partial charge in [-0.25, -0.2) is 4.98 Å². The number of carbonyl (C=O) groups excluding carboxylic acids is 1. The fraction of sp³-hybridized carbons (Fsp3) is 0.640. The standard InChI is InChI=1S/C25H33F3N4O5/c1-16-12-24(31-37-16)35-14-22(34)29-19-5-2-18(3-6-19)21(33)13-32-10-8-17-4-7-23(30-20(17)9-11-32)36-15-25(26,27)28/h4,7,12,18-19,21,33H,2-3,5-6,8-11,13-15H2,1H3,(H,29,34)/t18?,19?,21-/m0/s1. The van der Waals surface area contributed by atoms with Crippen LogP contribution in [0.1, 0.15) is 42.7 Å². The summed E-state index contributed by atoms with van der Waals surface area (Å²) in [5.41, 5.74) is 1.74. The predicted octanol–water partition coefficient (Wildman–Crippen LogP) is 2.83. The van der Waals surface area contributed by atoms with Crippen LogP contribution in [0.4, 0.5) is 13.2 Å². The number of hydrogen-bond donors (Lipinski definition) is 2. The van der Waals surface area contributed by atoms with Crippen molar-refractivity contribution in [3.05, 3.63) is 35.2 Å². The van der Waals surface area contributed by atoms with Gasteiger partial charge in [0, 0.05) is 49.9 Å². The summed E-state index contributed by atoms with van der Waals surface area (Å²) in [5.74, 6) is 0.801. The Labute approximate surface area is 213 Å². The highest BCUT2D eigenvalue weighted by Gasteiger charge is 2.30. The fourth-order valence-electron chi connectivity index (χ4n) is 4.91.